The first kappa shape index (κ1) is 22.8. The first-order chi connectivity index (χ1) is 15.5. The van der Waals surface area contributed by atoms with Crippen molar-refractivity contribution < 1.29 is 32.0 Å². The summed E-state index contributed by atoms with van der Waals surface area (Å²) in [5.41, 5.74) is -1.49. The van der Waals surface area contributed by atoms with E-state index in [0.717, 1.165) is 31.4 Å². The van der Waals surface area contributed by atoms with Gasteiger partial charge in [-0.05, 0) is 69.5 Å². The molecule has 2 heterocycles. The molecule has 0 spiro atoms. The fourth-order valence-corrected chi connectivity index (χ4v) is 4.12. The van der Waals surface area contributed by atoms with Crippen LogP contribution in [0.15, 0.2) is 40.9 Å². The topological polar surface area (TPSA) is 79.5 Å². The average molecular weight is 463 g/mol. The zero-order chi connectivity index (χ0) is 24.0. The maximum atomic E-state index is 14.3. The van der Waals surface area contributed by atoms with E-state index >= 15 is 0 Å². The Balaban J connectivity index is 1.73. The molecule has 0 saturated carbocycles. The van der Waals surface area contributed by atoms with E-state index in [0.29, 0.717) is 6.54 Å². The Bertz CT molecular complexity index is 1200. The van der Waals surface area contributed by atoms with Gasteiger partial charge < -0.3 is 14.5 Å². The Hall–Kier alpha value is -3.43. The molecule has 1 aliphatic rings. The van der Waals surface area contributed by atoms with Crippen LogP contribution in [0.4, 0.5) is 23.2 Å². The lowest BCUT2D eigenvalue weighted by atomic mass is 9.89. The molecule has 1 aromatic heterocycles. The summed E-state index contributed by atoms with van der Waals surface area (Å²) in [6.45, 7) is 4.37. The Morgan fingerprint density at radius 1 is 1.15 bits per heavy atom. The summed E-state index contributed by atoms with van der Waals surface area (Å²) in [4.78, 5) is 16.8. The van der Waals surface area contributed by atoms with Crippen LogP contribution in [0.1, 0.15) is 49.0 Å². The van der Waals surface area contributed by atoms with Crippen molar-refractivity contribution in [3.05, 3.63) is 53.3 Å². The third-order valence-corrected chi connectivity index (χ3v) is 5.87. The Kier molecular flexibility index (Phi) is 5.63. The number of aromatic nitrogens is 2. The lowest BCUT2D eigenvalue weighted by molar-refractivity contribution is -0.137. The minimum Gasteiger partial charge on any atom is -0.478 e. The van der Waals surface area contributed by atoms with E-state index < -0.39 is 29.1 Å². The van der Waals surface area contributed by atoms with Crippen molar-refractivity contribution >= 4 is 11.7 Å². The maximum absolute atomic E-state index is 14.3. The van der Waals surface area contributed by atoms with Crippen molar-refractivity contribution in [1.82, 2.24) is 10.1 Å². The van der Waals surface area contributed by atoms with Gasteiger partial charge in [0.1, 0.15) is 5.82 Å². The van der Waals surface area contributed by atoms with Gasteiger partial charge in [0, 0.05) is 23.3 Å². The number of hydrogen-bond acceptors (Lipinski definition) is 5. The van der Waals surface area contributed by atoms with Gasteiger partial charge in [-0.2, -0.15) is 18.2 Å². The fraction of sp³-hybridized carbons (Fsp3) is 0.348. The first-order valence-electron chi connectivity index (χ1n) is 10.3. The first-order valence-corrected chi connectivity index (χ1v) is 10.3. The summed E-state index contributed by atoms with van der Waals surface area (Å²) in [7, 11) is 0. The van der Waals surface area contributed by atoms with Crippen molar-refractivity contribution in [2.75, 3.05) is 11.4 Å². The second-order valence-electron chi connectivity index (χ2n) is 8.57. The SMILES string of the molecule is CC1(C)CCCCN1c1ccc(-c2nc(-c3ccc(C(=O)O)cc3F)no2)cc1C(F)(F)F. The Labute approximate surface area is 186 Å². The molecule has 0 amide bonds. The van der Waals surface area contributed by atoms with Gasteiger partial charge in [-0.15, -0.1) is 0 Å². The monoisotopic (exact) mass is 463 g/mol. The summed E-state index contributed by atoms with van der Waals surface area (Å²) in [6, 6.07) is 6.99. The highest BCUT2D eigenvalue weighted by Gasteiger charge is 2.39. The molecule has 0 bridgehead atoms. The molecule has 1 aliphatic heterocycles. The molecule has 0 aliphatic carbocycles. The standard InChI is InChI=1S/C23H21F4N3O3/c1-22(2)9-3-4-10-30(22)18-8-6-13(11-16(18)23(25,26)27)20-28-19(29-33-20)15-7-5-14(21(31)32)12-17(15)24/h5-8,11-12H,3-4,9-10H2,1-2H3,(H,31,32). The van der Waals surface area contributed by atoms with Gasteiger partial charge in [0.05, 0.1) is 16.7 Å². The van der Waals surface area contributed by atoms with E-state index in [1.54, 1.807) is 4.90 Å². The van der Waals surface area contributed by atoms with Gasteiger partial charge >= 0.3 is 12.1 Å². The number of carboxylic acids is 1. The quantitative estimate of drug-likeness (QED) is 0.476. The number of hydrogen-bond donors (Lipinski definition) is 1. The van der Waals surface area contributed by atoms with Gasteiger partial charge in [0.2, 0.25) is 5.82 Å². The van der Waals surface area contributed by atoms with Crippen LogP contribution in [0.25, 0.3) is 22.8 Å². The second kappa shape index (κ2) is 8.17. The predicted octanol–water partition coefficient (Wildman–Crippen LogP) is 6.03. The lowest BCUT2D eigenvalue weighted by Crippen LogP contribution is -2.48. The highest BCUT2D eigenvalue weighted by Crippen LogP contribution is 2.43. The van der Waals surface area contributed by atoms with Gasteiger partial charge in [0.25, 0.3) is 5.89 Å². The van der Waals surface area contributed by atoms with E-state index in [2.05, 4.69) is 10.1 Å². The van der Waals surface area contributed by atoms with Crippen LogP contribution in [0.2, 0.25) is 0 Å². The number of halogens is 4. The molecular formula is C23H21F4N3O3. The molecule has 174 valence electrons. The minimum atomic E-state index is -4.61. The number of benzene rings is 2. The minimum absolute atomic E-state index is 0.0437. The number of aromatic carboxylic acids is 1. The van der Waals surface area contributed by atoms with Crippen LogP contribution >= 0.6 is 0 Å². The number of carboxylic acid groups (broad SMARTS) is 1. The summed E-state index contributed by atoms with van der Waals surface area (Å²) in [5.74, 6) is -2.59. The summed E-state index contributed by atoms with van der Waals surface area (Å²) < 4.78 is 61.4. The van der Waals surface area contributed by atoms with Crippen LogP contribution in [-0.4, -0.2) is 33.3 Å². The van der Waals surface area contributed by atoms with Gasteiger partial charge in [-0.1, -0.05) is 5.16 Å². The van der Waals surface area contributed by atoms with E-state index in [-0.39, 0.29) is 34.1 Å². The molecule has 6 nitrogen and oxygen atoms in total. The Morgan fingerprint density at radius 2 is 1.91 bits per heavy atom. The molecule has 4 rings (SSSR count). The number of nitrogens with zero attached hydrogens (tertiary/aromatic N) is 3. The molecule has 10 heteroatoms. The van der Waals surface area contributed by atoms with Crippen molar-refractivity contribution in [3.63, 3.8) is 0 Å². The molecule has 0 radical (unpaired) electrons. The number of rotatable bonds is 4. The summed E-state index contributed by atoms with van der Waals surface area (Å²) in [6.07, 6.45) is -2.06. The van der Waals surface area contributed by atoms with Crippen LogP contribution in [0, 0.1) is 5.82 Å². The van der Waals surface area contributed by atoms with Crippen molar-refractivity contribution in [1.29, 1.82) is 0 Å². The molecule has 33 heavy (non-hydrogen) atoms. The second-order valence-corrected chi connectivity index (χ2v) is 8.57. The number of alkyl halides is 3. The van der Waals surface area contributed by atoms with Crippen LogP contribution < -0.4 is 4.90 Å². The van der Waals surface area contributed by atoms with Crippen molar-refractivity contribution in [2.24, 2.45) is 0 Å². The van der Waals surface area contributed by atoms with Crippen LogP contribution in [0.3, 0.4) is 0 Å². The van der Waals surface area contributed by atoms with Crippen LogP contribution in [0.5, 0.6) is 0 Å². The third kappa shape index (κ3) is 4.42. The van der Waals surface area contributed by atoms with E-state index in [9.17, 15) is 22.4 Å². The molecule has 1 N–H and O–H groups in total. The highest BCUT2D eigenvalue weighted by molar-refractivity contribution is 5.88. The number of carbonyl (C=O) groups is 1. The molecular weight excluding hydrogens is 442 g/mol. The van der Waals surface area contributed by atoms with E-state index in [1.165, 1.54) is 24.3 Å². The third-order valence-electron chi connectivity index (χ3n) is 5.87. The summed E-state index contributed by atoms with van der Waals surface area (Å²) in [5, 5.41) is 12.6. The van der Waals surface area contributed by atoms with E-state index in [4.69, 9.17) is 9.63 Å². The summed E-state index contributed by atoms with van der Waals surface area (Å²) >= 11 is 0. The maximum Gasteiger partial charge on any atom is 0.418 e. The highest BCUT2D eigenvalue weighted by atomic mass is 19.4. The number of anilines is 1. The normalized spacial score (nSPS) is 16.1. The molecule has 1 saturated heterocycles. The number of piperidine rings is 1. The molecule has 1 fully saturated rings. The smallest absolute Gasteiger partial charge is 0.418 e. The van der Waals surface area contributed by atoms with Gasteiger partial charge in [-0.25, -0.2) is 9.18 Å². The van der Waals surface area contributed by atoms with Crippen molar-refractivity contribution in [2.45, 2.75) is 44.8 Å². The molecule has 2 aromatic carbocycles. The zero-order valence-electron chi connectivity index (χ0n) is 17.9. The molecule has 0 atom stereocenters. The average Bonchev–Trinajstić information content (AvgIpc) is 3.22. The lowest BCUT2D eigenvalue weighted by Gasteiger charge is -2.45. The predicted molar refractivity (Wildman–Crippen MR) is 112 cm³/mol. The fourth-order valence-electron chi connectivity index (χ4n) is 4.12. The molecule has 0 unspecified atom stereocenters. The van der Waals surface area contributed by atoms with Gasteiger partial charge in [0.15, 0.2) is 0 Å². The zero-order valence-corrected chi connectivity index (χ0v) is 17.9. The van der Waals surface area contributed by atoms with E-state index in [1.807, 2.05) is 13.8 Å². The van der Waals surface area contributed by atoms with Gasteiger partial charge in [-0.3, -0.25) is 0 Å². The largest absolute Gasteiger partial charge is 0.478 e. The van der Waals surface area contributed by atoms with Crippen molar-refractivity contribution in [3.8, 4) is 22.8 Å². The van der Waals surface area contributed by atoms with Crippen LogP contribution in [-0.2, 0) is 6.18 Å². The Morgan fingerprint density at radius 3 is 2.55 bits per heavy atom. The molecule has 3 aromatic rings.